The Morgan fingerprint density at radius 3 is 2.60 bits per heavy atom. The first-order valence-corrected chi connectivity index (χ1v) is 4.38. The summed E-state index contributed by atoms with van der Waals surface area (Å²) in [4.78, 5) is 21.9. The predicted molar refractivity (Wildman–Crippen MR) is 58.5 cm³/mol. The molecule has 2 amide bonds. The van der Waals surface area contributed by atoms with Crippen molar-refractivity contribution in [2.45, 2.75) is 6.92 Å². The maximum Gasteiger partial charge on any atom is 0.248 e. The molecule has 4 nitrogen and oxygen atoms in total. The van der Waals surface area contributed by atoms with Gasteiger partial charge in [0.05, 0.1) is 0 Å². The lowest BCUT2D eigenvalue weighted by atomic mass is 10.1. The first kappa shape index (κ1) is 11.0. The van der Waals surface area contributed by atoms with Gasteiger partial charge in [-0.1, -0.05) is 6.58 Å². The van der Waals surface area contributed by atoms with Crippen LogP contribution in [0.2, 0.25) is 0 Å². The van der Waals surface area contributed by atoms with Gasteiger partial charge in [-0.15, -0.1) is 0 Å². The molecular formula is C11H12N2O2. The maximum atomic E-state index is 11.0. The van der Waals surface area contributed by atoms with E-state index < -0.39 is 5.91 Å². The lowest BCUT2D eigenvalue weighted by molar-refractivity contribution is -0.111. The summed E-state index contributed by atoms with van der Waals surface area (Å²) in [6, 6.07) is 4.83. The third-order valence-corrected chi connectivity index (χ3v) is 1.95. The number of hydrogen-bond acceptors (Lipinski definition) is 2. The molecule has 0 aliphatic rings. The van der Waals surface area contributed by atoms with E-state index in [1.807, 2.05) is 0 Å². The summed E-state index contributed by atoms with van der Waals surface area (Å²) in [5.41, 5.74) is 6.96. The van der Waals surface area contributed by atoms with E-state index in [4.69, 9.17) is 5.73 Å². The zero-order valence-electron chi connectivity index (χ0n) is 8.41. The maximum absolute atomic E-state index is 11.0. The molecule has 0 spiro atoms. The molecule has 0 aliphatic carbocycles. The predicted octanol–water partition coefficient (Wildman–Crippen LogP) is 1.22. The number of nitrogens with two attached hydrogens (primary N) is 1. The summed E-state index contributed by atoms with van der Waals surface area (Å²) in [5.74, 6) is -0.773. The molecule has 0 unspecified atom stereocenters. The summed E-state index contributed by atoms with van der Waals surface area (Å²) in [6.45, 7) is 5.13. The number of primary amides is 1. The molecule has 1 rings (SSSR count). The van der Waals surface area contributed by atoms with Crippen LogP contribution < -0.4 is 11.1 Å². The van der Waals surface area contributed by atoms with Crippen LogP contribution in [0.15, 0.2) is 30.9 Å². The van der Waals surface area contributed by atoms with Crippen molar-refractivity contribution in [3.8, 4) is 0 Å². The Balaban J connectivity index is 2.98. The fourth-order valence-corrected chi connectivity index (χ4v) is 1.14. The average molecular weight is 204 g/mol. The van der Waals surface area contributed by atoms with E-state index in [9.17, 15) is 9.59 Å². The van der Waals surface area contributed by atoms with Crippen molar-refractivity contribution in [3.63, 3.8) is 0 Å². The highest BCUT2D eigenvalue weighted by Gasteiger charge is 2.05. The van der Waals surface area contributed by atoms with Crippen LogP contribution in [0.4, 0.5) is 5.69 Å². The van der Waals surface area contributed by atoms with Crippen LogP contribution in [0.1, 0.15) is 15.9 Å². The van der Waals surface area contributed by atoms with E-state index in [1.54, 1.807) is 25.1 Å². The molecule has 0 radical (unpaired) electrons. The van der Waals surface area contributed by atoms with Crippen LogP contribution in [0.5, 0.6) is 0 Å². The molecule has 0 aromatic heterocycles. The minimum atomic E-state index is -0.486. The van der Waals surface area contributed by atoms with E-state index in [0.717, 1.165) is 5.56 Å². The minimum absolute atomic E-state index is 0.287. The van der Waals surface area contributed by atoms with Crippen molar-refractivity contribution in [2.75, 3.05) is 5.32 Å². The summed E-state index contributed by atoms with van der Waals surface area (Å²) in [6.07, 6.45) is 1.18. The highest BCUT2D eigenvalue weighted by molar-refractivity contribution is 6.00. The van der Waals surface area contributed by atoms with Crippen molar-refractivity contribution < 1.29 is 9.59 Å². The molecule has 0 bridgehead atoms. The number of rotatable bonds is 3. The minimum Gasteiger partial charge on any atom is -0.366 e. The summed E-state index contributed by atoms with van der Waals surface area (Å²) < 4.78 is 0. The molecule has 3 N–H and O–H groups in total. The Morgan fingerprint density at radius 2 is 2.13 bits per heavy atom. The SMILES string of the molecule is C=CC(=O)Nc1ccc(C(N)=O)cc1C. The average Bonchev–Trinajstić information content (AvgIpc) is 2.20. The Kier molecular flexibility index (Phi) is 3.23. The standard InChI is InChI=1S/C11H12N2O2/c1-3-10(14)13-9-5-4-8(11(12)15)6-7(9)2/h3-6H,1H2,2H3,(H2,12,15)(H,13,14). The Hall–Kier alpha value is -2.10. The lowest BCUT2D eigenvalue weighted by Gasteiger charge is -2.07. The summed E-state index contributed by atoms with van der Waals surface area (Å²) in [7, 11) is 0. The van der Waals surface area contributed by atoms with Crippen molar-refractivity contribution in [2.24, 2.45) is 5.73 Å². The Labute approximate surface area is 87.8 Å². The molecule has 0 heterocycles. The normalized spacial score (nSPS) is 9.40. The van der Waals surface area contributed by atoms with Crippen LogP contribution >= 0.6 is 0 Å². The van der Waals surface area contributed by atoms with Gasteiger partial charge in [0.25, 0.3) is 0 Å². The first-order valence-electron chi connectivity index (χ1n) is 4.38. The largest absolute Gasteiger partial charge is 0.366 e. The summed E-state index contributed by atoms with van der Waals surface area (Å²) >= 11 is 0. The van der Waals surface area contributed by atoms with Gasteiger partial charge in [-0.05, 0) is 36.8 Å². The van der Waals surface area contributed by atoms with E-state index >= 15 is 0 Å². The third kappa shape index (κ3) is 2.67. The van der Waals surface area contributed by atoms with Crippen LogP contribution in [-0.4, -0.2) is 11.8 Å². The molecule has 78 valence electrons. The zero-order valence-corrected chi connectivity index (χ0v) is 8.41. The number of carbonyl (C=O) groups is 2. The monoisotopic (exact) mass is 204 g/mol. The van der Waals surface area contributed by atoms with Crippen molar-refractivity contribution in [1.29, 1.82) is 0 Å². The van der Waals surface area contributed by atoms with Gasteiger partial charge in [0.15, 0.2) is 0 Å². The number of hydrogen-bond donors (Lipinski definition) is 2. The van der Waals surface area contributed by atoms with Gasteiger partial charge >= 0.3 is 0 Å². The number of amides is 2. The molecule has 15 heavy (non-hydrogen) atoms. The third-order valence-electron chi connectivity index (χ3n) is 1.95. The van der Waals surface area contributed by atoms with Crippen molar-refractivity contribution in [3.05, 3.63) is 42.0 Å². The van der Waals surface area contributed by atoms with Crippen LogP contribution in [0, 0.1) is 6.92 Å². The number of nitrogens with one attached hydrogen (secondary N) is 1. The van der Waals surface area contributed by atoms with Gasteiger partial charge in [0, 0.05) is 11.3 Å². The second-order valence-electron chi connectivity index (χ2n) is 3.09. The molecule has 0 saturated heterocycles. The quantitative estimate of drug-likeness (QED) is 0.726. The van der Waals surface area contributed by atoms with E-state index in [1.165, 1.54) is 6.08 Å². The van der Waals surface area contributed by atoms with Crippen molar-refractivity contribution >= 4 is 17.5 Å². The molecule has 0 aliphatic heterocycles. The second-order valence-corrected chi connectivity index (χ2v) is 3.09. The van der Waals surface area contributed by atoms with Gasteiger partial charge in [-0.25, -0.2) is 0 Å². The fourth-order valence-electron chi connectivity index (χ4n) is 1.14. The van der Waals surface area contributed by atoms with Crippen molar-refractivity contribution in [1.82, 2.24) is 0 Å². The van der Waals surface area contributed by atoms with Gasteiger partial charge in [0.2, 0.25) is 11.8 Å². The highest BCUT2D eigenvalue weighted by atomic mass is 16.1. The van der Waals surface area contributed by atoms with Crippen LogP contribution in [0.25, 0.3) is 0 Å². The Bertz CT molecular complexity index is 425. The fraction of sp³-hybridized carbons (Fsp3) is 0.0909. The molecular weight excluding hydrogens is 192 g/mol. The van der Waals surface area contributed by atoms with Gasteiger partial charge < -0.3 is 11.1 Å². The van der Waals surface area contributed by atoms with E-state index in [-0.39, 0.29) is 5.91 Å². The van der Waals surface area contributed by atoms with Crippen LogP contribution in [-0.2, 0) is 4.79 Å². The van der Waals surface area contributed by atoms with Crippen LogP contribution in [0.3, 0.4) is 0 Å². The smallest absolute Gasteiger partial charge is 0.248 e. The van der Waals surface area contributed by atoms with Gasteiger partial charge in [0.1, 0.15) is 0 Å². The number of carbonyl (C=O) groups excluding carboxylic acids is 2. The number of aryl methyl sites for hydroxylation is 1. The van der Waals surface area contributed by atoms with Gasteiger partial charge in [-0.3, -0.25) is 9.59 Å². The zero-order chi connectivity index (χ0) is 11.4. The topological polar surface area (TPSA) is 72.2 Å². The molecule has 0 atom stereocenters. The second kappa shape index (κ2) is 4.41. The number of anilines is 1. The first-order chi connectivity index (χ1) is 7.04. The molecule has 4 heteroatoms. The molecule has 1 aromatic rings. The highest BCUT2D eigenvalue weighted by Crippen LogP contribution is 2.16. The molecule has 0 saturated carbocycles. The van der Waals surface area contributed by atoms with Gasteiger partial charge in [-0.2, -0.15) is 0 Å². The number of benzene rings is 1. The lowest BCUT2D eigenvalue weighted by Crippen LogP contribution is -2.12. The Morgan fingerprint density at radius 1 is 1.47 bits per heavy atom. The molecule has 1 aromatic carbocycles. The van der Waals surface area contributed by atoms with E-state index in [0.29, 0.717) is 11.3 Å². The van der Waals surface area contributed by atoms with E-state index in [2.05, 4.69) is 11.9 Å². The molecule has 0 fully saturated rings. The summed E-state index contributed by atoms with van der Waals surface area (Å²) in [5, 5.41) is 2.62.